The van der Waals surface area contributed by atoms with E-state index >= 15 is 0 Å². The van der Waals surface area contributed by atoms with Gasteiger partial charge in [0, 0.05) is 19.5 Å². The minimum atomic E-state index is -0.484. The Morgan fingerprint density at radius 1 is 1.39 bits per heavy atom. The smallest absolute Gasteiger partial charge is 0.321 e. The molecule has 1 aromatic heterocycles. The Balaban J connectivity index is 1.63. The average molecular weight is 316 g/mol. The van der Waals surface area contributed by atoms with Crippen LogP contribution in [0.15, 0.2) is 28.7 Å². The number of hydrogen-bond donors (Lipinski definition) is 2. The van der Waals surface area contributed by atoms with Crippen molar-refractivity contribution in [2.75, 3.05) is 26.7 Å². The second kappa shape index (κ2) is 6.78. The highest BCUT2D eigenvalue weighted by Gasteiger charge is 2.26. The van der Waals surface area contributed by atoms with Gasteiger partial charge in [0.25, 0.3) is 0 Å². The van der Waals surface area contributed by atoms with Gasteiger partial charge in [-0.25, -0.2) is 9.78 Å². The van der Waals surface area contributed by atoms with E-state index in [2.05, 4.69) is 15.6 Å². The van der Waals surface area contributed by atoms with Crippen molar-refractivity contribution in [3.05, 3.63) is 30.2 Å². The van der Waals surface area contributed by atoms with Gasteiger partial charge >= 0.3 is 6.03 Å². The molecule has 2 N–H and O–H groups in total. The Kier molecular flexibility index (Phi) is 4.57. The van der Waals surface area contributed by atoms with Gasteiger partial charge < -0.3 is 9.73 Å². The molecule has 0 saturated carbocycles. The van der Waals surface area contributed by atoms with E-state index in [4.69, 9.17) is 4.42 Å². The highest BCUT2D eigenvalue weighted by atomic mass is 16.3. The molecule has 7 nitrogen and oxygen atoms in total. The van der Waals surface area contributed by atoms with Crippen LogP contribution in [0.1, 0.15) is 24.7 Å². The fourth-order valence-electron chi connectivity index (χ4n) is 2.90. The van der Waals surface area contributed by atoms with Gasteiger partial charge in [-0.3, -0.25) is 15.0 Å². The van der Waals surface area contributed by atoms with Crippen LogP contribution in [0, 0.1) is 0 Å². The van der Waals surface area contributed by atoms with Crippen LogP contribution in [-0.4, -0.2) is 48.5 Å². The molecule has 0 aliphatic carbocycles. The van der Waals surface area contributed by atoms with E-state index in [1.165, 1.54) is 7.05 Å². The monoisotopic (exact) mass is 316 g/mol. The molecule has 3 amide bonds. The van der Waals surface area contributed by atoms with E-state index in [9.17, 15) is 9.59 Å². The molecular formula is C16H20N4O3. The van der Waals surface area contributed by atoms with E-state index in [0.29, 0.717) is 6.54 Å². The van der Waals surface area contributed by atoms with Crippen LogP contribution >= 0.6 is 0 Å². The van der Waals surface area contributed by atoms with Gasteiger partial charge in [0.05, 0.1) is 6.54 Å². The Hall–Kier alpha value is -2.41. The molecule has 2 aromatic rings. The lowest BCUT2D eigenvalue weighted by Gasteiger charge is -2.30. The molecule has 3 rings (SSSR count). The summed E-state index contributed by atoms with van der Waals surface area (Å²) in [6, 6.07) is 7.21. The number of hydrogen-bond acceptors (Lipinski definition) is 5. The van der Waals surface area contributed by atoms with E-state index in [1.807, 2.05) is 29.2 Å². The first-order valence-electron chi connectivity index (χ1n) is 7.75. The molecule has 0 radical (unpaired) electrons. The quantitative estimate of drug-likeness (QED) is 0.895. The van der Waals surface area contributed by atoms with Crippen molar-refractivity contribution in [3.8, 4) is 0 Å². The number of carbonyl (C=O) groups is 2. The maximum absolute atomic E-state index is 11.8. The molecule has 1 saturated heterocycles. The van der Waals surface area contributed by atoms with Crippen molar-refractivity contribution in [3.63, 3.8) is 0 Å². The van der Waals surface area contributed by atoms with E-state index in [-0.39, 0.29) is 18.4 Å². The first-order valence-corrected chi connectivity index (χ1v) is 7.75. The number of rotatable bonds is 3. The Morgan fingerprint density at radius 2 is 2.22 bits per heavy atom. The Morgan fingerprint density at radius 3 is 3.00 bits per heavy atom. The number of nitrogens with one attached hydrogen (secondary N) is 2. The standard InChI is InChI=1S/C16H20N4O3/c1-17-16(22)19-14(21)10-20-8-4-5-11(9-20)15-18-12-6-2-3-7-13(12)23-15/h2-3,6-7,11H,4-5,8-10H2,1H3,(H2,17,19,21,22)/t11-/m0/s1. The van der Waals surface area contributed by atoms with Gasteiger partial charge in [0.15, 0.2) is 11.5 Å². The fourth-order valence-corrected chi connectivity index (χ4v) is 2.90. The number of piperidine rings is 1. The summed E-state index contributed by atoms with van der Waals surface area (Å²) in [4.78, 5) is 29.6. The number of likely N-dealkylation sites (tertiary alicyclic amines) is 1. The lowest BCUT2D eigenvalue weighted by atomic mass is 9.98. The topological polar surface area (TPSA) is 87.5 Å². The van der Waals surface area contributed by atoms with E-state index in [0.717, 1.165) is 36.4 Å². The number of para-hydroxylation sites is 2. The molecule has 1 aromatic carbocycles. The molecule has 1 fully saturated rings. The van der Waals surface area contributed by atoms with Crippen LogP contribution in [0.2, 0.25) is 0 Å². The molecule has 2 heterocycles. The molecule has 23 heavy (non-hydrogen) atoms. The van der Waals surface area contributed by atoms with Crippen LogP contribution in [0.3, 0.4) is 0 Å². The summed E-state index contributed by atoms with van der Waals surface area (Å²) in [5, 5.41) is 4.65. The molecule has 1 aliphatic heterocycles. The number of fused-ring (bicyclic) bond motifs is 1. The van der Waals surface area contributed by atoms with Gasteiger partial charge in [-0.15, -0.1) is 0 Å². The fraction of sp³-hybridized carbons (Fsp3) is 0.438. The summed E-state index contributed by atoms with van der Waals surface area (Å²) in [5.74, 6) is 0.592. The van der Waals surface area contributed by atoms with Crippen molar-refractivity contribution in [2.24, 2.45) is 0 Å². The second-order valence-electron chi connectivity index (χ2n) is 5.72. The highest BCUT2D eigenvalue weighted by molar-refractivity contribution is 5.95. The molecular weight excluding hydrogens is 296 g/mol. The van der Waals surface area contributed by atoms with Gasteiger partial charge in [-0.1, -0.05) is 12.1 Å². The highest BCUT2D eigenvalue weighted by Crippen LogP contribution is 2.28. The van der Waals surface area contributed by atoms with E-state index < -0.39 is 6.03 Å². The molecule has 0 unspecified atom stereocenters. The van der Waals surface area contributed by atoms with Crippen molar-refractivity contribution < 1.29 is 14.0 Å². The Bertz CT molecular complexity index is 679. The number of benzene rings is 1. The molecule has 122 valence electrons. The average Bonchev–Trinajstić information content (AvgIpc) is 2.99. The minimum absolute atomic E-state index is 0.170. The van der Waals surface area contributed by atoms with Crippen LogP contribution in [-0.2, 0) is 4.79 Å². The van der Waals surface area contributed by atoms with Gasteiger partial charge in [0.1, 0.15) is 5.52 Å². The van der Waals surface area contributed by atoms with Crippen molar-refractivity contribution in [1.29, 1.82) is 0 Å². The number of urea groups is 1. The number of amides is 3. The number of nitrogens with zero attached hydrogens (tertiary/aromatic N) is 2. The predicted molar refractivity (Wildman–Crippen MR) is 85.0 cm³/mol. The summed E-state index contributed by atoms with van der Waals surface area (Å²) in [7, 11) is 1.48. The summed E-state index contributed by atoms with van der Waals surface area (Å²) >= 11 is 0. The molecule has 0 bridgehead atoms. The molecule has 0 spiro atoms. The zero-order valence-corrected chi connectivity index (χ0v) is 13.0. The number of imide groups is 1. The third-order valence-electron chi connectivity index (χ3n) is 4.01. The largest absolute Gasteiger partial charge is 0.440 e. The van der Waals surface area contributed by atoms with Gasteiger partial charge in [-0.05, 0) is 31.5 Å². The first-order chi connectivity index (χ1) is 11.2. The third-order valence-corrected chi connectivity index (χ3v) is 4.01. The number of aromatic nitrogens is 1. The van der Waals surface area contributed by atoms with Crippen LogP contribution in [0.25, 0.3) is 11.1 Å². The first kappa shape index (κ1) is 15.5. The maximum Gasteiger partial charge on any atom is 0.321 e. The van der Waals surface area contributed by atoms with Crippen LogP contribution in [0.5, 0.6) is 0 Å². The summed E-state index contributed by atoms with van der Waals surface area (Å²) in [5.41, 5.74) is 1.65. The predicted octanol–water partition coefficient (Wildman–Crippen LogP) is 1.46. The lowest BCUT2D eigenvalue weighted by molar-refractivity contribution is -0.121. The number of carbonyl (C=O) groups excluding carboxylic acids is 2. The maximum atomic E-state index is 11.8. The second-order valence-corrected chi connectivity index (χ2v) is 5.72. The van der Waals surface area contributed by atoms with Crippen molar-refractivity contribution >= 4 is 23.0 Å². The normalized spacial score (nSPS) is 18.7. The van der Waals surface area contributed by atoms with Gasteiger partial charge in [-0.2, -0.15) is 0 Å². The van der Waals surface area contributed by atoms with Gasteiger partial charge in [0.2, 0.25) is 5.91 Å². The zero-order valence-electron chi connectivity index (χ0n) is 13.0. The molecule has 1 aliphatic rings. The Labute approximate surface area is 134 Å². The van der Waals surface area contributed by atoms with Crippen molar-refractivity contribution in [2.45, 2.75) is 18.8 Å². The summed E-state index contributed by atoms with van der Waals surface area (Å²) in [6.07, 6.45) is 1.96. The minimum Gasteiger partial charge on any atom is -0.440 e. The van der Waals surface area contributed by atoms with E-state index in [1.54, 1.807) is 0 Å². The lowest BCUT2D eigenvalue weighted by Crippen LogP contribution is -2.45. The molecule has 7 heteroatoms. The van der Waals surface area contributed by atoms with Crippen molar-refractivity contribution in [1.82, 2.24) is 20.5 Å². The summed E-state index contributed by atoms with van der Waals surface area (Å²) in [6.45, 7) is 1.73. The number of oxazole rings is 1. The third kappa shape index (κ3) is 3.68. The molecule has 1 atom stereocenters. The summed E-state index contributed by atoms with van der Waals surface area (Å²) < 4.78 is 5.84. The van der Waals surface area contributed by atoms with Crippen LogP contribution < -0.4 is 10.6 Å². The SMILES string of the molecule is CNC(=O)NC(=O)CN1CCC[C@H](c2nc3ccccc3o2)C1. The van der Waals surface area contributed by atoms with Crippen LogP contribution in [0.4, 0.5) is 4.79 Å². The zero-order chi connectivity index (χ0) is 16.2.